The number of rotatable bonds is 4. The van der Waals surface area contributed by atoms with Crippen LogP contribution < -0.4 is 0 Å². The van der Waals surface area contributed by atoms with Crippen LogP contribution >= 0.6 is 47.8 Å². The van der Waals surface area contributed by atoms with Gasteiger partial charge in [-0.2, -0.15) is 0 Å². The van der Waals surface area contributed by atoms with E-state index in [0.717, 1.165) is 22.4 Å². The molecule has 0 saturated heterocycles. The van der Waals surface area contributed by atoms with Gasteiger partial charge in [0.2, 0.25) is 0 Å². The van der Waals surface area contributed by atoms with E-state index in [1.165, 1.54) is 22.3 Å². The van der Waals surface area contributed by atoms with Gasteiger partial charge in [-0.25, -0.2) is 0 Å². The van der Waals surface area contributed by atoms with Crippen molar-refractivity contribution in [3.8, 4) is 0 Å². The zero-order chi connectivity index (χ0) is 10.6. The molecule has 3 heteroatoms. The van der Waals surface area contributed by atoms with Crippen LogP contribution in [-0.2, 0) is 22.4 Å². The fraction of sp³-hybridized carbons (Fsp3) is 0.455. The van der Waals surface area contributed by atoms with E-state index in [1.54, 1.807) is 0 Å². The molecule has 0 heterocycles. The zero-order valence-corrected chi connectivity index (χ0v) is 12.9. The second-order valence-electron chi connectivity index (χ2n) is 3.10. The van der Waals surface area contributed by atoms with Crippen LogP contribution in [0.4, 0.5) is 0 Å². The highest BCUT2D eigenvalue weighted by Gasteiger charge is 2.09. The number of aryl methyl sites for hydroxylation is 1. The standard InChI is InChI=1S/C11H13Br3/c1-2-8-3-4-9(5-12)11(7-14)10(8)6-13/h3-4H,2,5-7H2,1H3. The maximum Gasteiger partial charge on any atom is 0.0289 e. The molecule has 1 aromatic rings. The molecule has 14 heavy (non-hydrogen) atoms. The summed E-state index contributed by atoms with van der Waals surface area (Å²) in [5.74, 6) is 0. The molecule has 0 bridgehead atoms. The molecule has 0 spiro atoms. The van der Waals surface area contributed by atoms with Gasteiger partial charge in [0, 0.05) is 16.0 Å². The van der Waals surface area contributed by atoms with Gasteiger partial charge in [-0.1, -0.05) is 66.8 Å². The molecule has 0 atom stereocenters. The molecule has 1 rings (SSSR count). The molecule has 0 nitrogen and oxygen atoms in total. The van der Waals surface area contributed by atoms with E-state index in [2.05, 4.69) is 66.8 Å². The Labute approximate surface area is 111 Å². The average Bonchev–Trinajstić information content (AvgIpc) is 2.26. The minimum atomic E-state index is 0.928. The summed E-state index contributed by atoms with van der Waals surface area (Å²) in [5, 5.41) is 2.80. The van der Waals surface area contributed by atoms with Crippen molar-refractivity contribution in [3.63, 3.8) is 0 Å². The summed E-state index contributed by atoms with van der Waals surface area (Å²) in [6.07, 6.45) is 1.10. The monoisotopic (exact) mass is 382 g/mol. The Morgan fingerprint density at radius 2 is 1.36 bits per heavy atom. The van der Waals surface area contributed by atoms with Crippen LogP contribution in [0.5, 0.6) is 0 Å². The van der Waals surface area contributed by atoms with Gasteiger partial charge < -0.3 is 0 Å². The number of hydrogen-bond donors (Lipinski definition) is 0. The predicted molar refractivity (Wildman–Crippen MR) is 73.7 cm³/mol. The van der Waals surface area contributed by atoms with E-state index in [0.29, 0.717) is 0 Å². The maximum absolute atomic E-state index is 3.57. The Bertz CT molecular complexity index is 277. The predicted octanol–water partition coefficient (Wildman–Crippen LogP) is 4.93. The lowest BCUT2D eigenvalue weighted by molar-refractivity contribution is 1.07. The molecule has 0 aliphatic rings. The lowest BCUT2D eigenvalue weighted by Gasteiger charge is -2.13. The number of hydrogen-bond acceptors (Lipinski definition) is 0. The lowest BCUT2D eigenvalue weighted by atomic mass is 9.97. The molecule has 1 aromatic carbocycles. The fourth-order valence-electron chi connectivity index (χ4n) is 1.58. The second kappa shape index (κ2) is 6.29. The highest BCUT2D eigenvalue weighted by Crippen LogP contribution is 2.26. The Kier molecular flexibility index (Phi) is 5.72. The second-order valence-corrected chi connectivity index (χ2v) is 4.78. The van der Waals surface area contributed by atoms with Crippen molar-refractivity contribution in [2.45, 2.75) is 29.3 Å². The fourth-order valence-corrected chi connectivity index (χ4v) is 3.50. The van der Waals surface area contributed by atoms with Gasteiger partial charge in [-0.05, 0) is 28.7 Å². The number of benzene rings is 1. The third-order valence-electron chi connectivity index (χ3n) is 2.42. The van der Waals surface area contributed by atoms with E-state index in [1.807, 2.05) is 0 Å². The van der Waals surface area contributed by atoms with Gasteiger partial charge in [-0.15, -0.1) is 0 Å². The average molecular weight is 385 g/mol. The van der Waals surface area contributed by atoms with Gasteiger partial charge in [-0.3, -0.25) is 0 Å². The summed E-state index contributed by atoms with van der Waals surface area (Å²) in [5.41, 5.74) is 5.70. The third-order valence-corrected chi connectivity index (χ3v) is 4.14. The summed E-state index contributed by atoms with van der Waals surface area (Å²) in [7, 11) is 0. The lowest BCUT2D eigenvalue weighted by Crippen LogP contribution is -1.99. The summed E-state index contributed by atoms with van der Waals surface area (Å²) >= 11 is 10.7. The largest absolute Gasteiger partial charge is 0.0876 e. The van der Waals surface area contributed by atoms with E-state index in [-0.39, 0.29) is 0 Å². The van der Waals surface area contributed by atoms with Gasteiger partial charge in [0.25, 0.3) is 0 Å². The first-order chi connectivity index (χ1) is 6.78. The Morgan fingerprint density at radius 3 is 1.79 bits per heavy atom. The minimum Gasteiger partial charge on any atom is -0.0876 e. The molecular formula is C11H13Br3. The van der Waals surface area contributed by atoms with Crippen molar-refractivity contribution in [2.75, 3.05) is 0 Å². The van der Waals surface area contributed by atoms with Gasteiger partial charge in [0.15, 0.2) is 0 Å². The van der Waals surface area contributed by atoms with Crippen LogP contribution in [0.3, 0.4) is 0 Å². The van der Waals surface area contributed by atoms with Gasteiger partial charge in [0.1, 0.15) is 0 Å². The Morgan fingerprint density at radius 1 is 0.857 bits per heavy atom. The highest BCUT2D eigenvalue weighted by atomic mass is 79.9. The van der Waals surface area contributed by atoms with Crippen molar-refractivity contribution in [1.29, 1.82) is 0 Å². The molecule has 0 unspecified atom stereocenters. The highest BCUT2D eigenvalue weighted by molar-refractivity contribution is 9.09. The Hall–Kier alpha value is 0.660. The van der Waals surface area contributed by atoms with Gasteiger partial charge >= 0.3 is 0 Å². The van der Waals surface area contributed by atoms with Crippen molar-refractivity contribution in [3.05, 3.63) is 34.4 Å². The summed E-state index contributed by atoms with van der Waals surface area (Å²) in [6.45, 7) is 2.20. The molecule has 0 fully saturated rings. The van der Waals surface area contributed by atoms with E-state index in [4.69, 9.17) is 0 Å². The van der Waals surface area contributed by atoms with Crippen LogP contribution in [0.15, 0.2) is 12.1 Å². The first-order valence-corrected chi connectivity index (χ1v) is 7.95. The van der Waals surface area contributed by atoms with Crippen LogP contribution in [0, 0.1) is 0 Å². The normalized spacial score (nSPS) is 10.6. The third kappa shape index (κ3) is 2.61. The molecular weight excluding hydrogens is 372 g/mol. The molecule has 0 radical (unpaired) electrons. The van der Waals surface area contributed by atoms with Crippen LogP contribution in [-0.4, -0.2) is 0 Å². The minimum absolute atomic E-state index is 0.928. The topological polar surface area (TPSA) is 0 Å². The molecule has 0 N–H and O–H groups in total. The molecule has 0 saturated carbocycles. The van der Waals surface area contributed by atoms with Crippen LogP contribution in [0.2, 0.25) is 0 Å². The summed E-state index contributed by atoms with van der Waals surface area (Å²) in [4.78, 5) is 0. The summed E-state index contributed by atoms with van der Waals surface area (Å²) in [6, 6.07) is 4.45. The first-order valence-electron chi connectivity index (χ1n) is 4.58. The molecule has 0 aliphatic carbocycles. The smallest absolute Gasteiger partial charge is 0.0289 e. The van der Waals surface area contributed by atoms with E-state index in [9.17, 15) is 0 Å². The van der Waals surface area contributed by atoms with Crippen molar-refractivity contribution in [1.82, 2.24) is 0 Å². The van der Waals surface area contributed by atoms with Crippen molar-refractivity contribution in [2.24, 2.45) is 0 Å². The van der Waals surface area contributed by atoms with Crippen LogP contribution in [0.1, 0.15) is 29.2 Å². The molecule has 0 aliphatic heterocycles. The zero-order valence-electron chi connectivity index (χ0n) is 8.12. The quantitative estimate of drug-likeness (QED) is 0.645. The molecule has 78 valence electrons. The molecule has 0 amide bonds. The number of halogens is 3. The van der Waals surface area contributed by atoms with Crippen molar-refractivity contribution < 1.29 is 0 Å². The Balaban J connectivity index is 3.28. The van der Waals surface area contributed by atoms with Crippen molar-refractivity contribution >= 4 is 47.8 Å². The SMILES string of the molecule is CCc1ccc(CBr)c(CBr)c1CBr. The molecule has 0 aromatic heterocycles. The van der Waals surface area contributed by atoms with E-state index >= 15 is 0 Å². The number of alkyl halides is 3. The van der Waals surface area contributed by atoms with Gasteiger partial charge in [0.05, 0.1) is 0 Å². The first kappa shape index (κ1) is 12.7. The van der Waals surface area contributed by atoms with E-state index < -0.39 is 0 Å². The summed E-state index contributed by atoms with van der Waals surface area (Å²) < 4.78 is 0. The maximum atomic E-state index is 3.57. The van der Waals surface area contributed by atoms with Crippen LogP contribution in [0.25, 0.3) is 0 Å².